The number of nitrogens with one attached hydrogen (secondary N) is 2. The van der Waals surface area contributed by atoms with E-state index in [1.165, 1.54) is 17.7 Å². The summed E-state index contributed by atoms with van der Waals surface area (Å²) >= 11 is 1.06. The lowest BCUT2D eigenvalue weighted by atomic mass is 10.0. The van der Waals surface area contributed by atoms with Crippen molar-refractivity contribution in [2.24, 2.45) is 0 Å². The van der Waals surface area contributed by atoms with Crippen LogP contribution in [0.4, 0.5) is 18.9 Å². The van der Waals surface area contributed by atoms with Crippen molar-refractivity contribution in [2.75, 3.05) is 11.1 Å². The van der Waals surface area contributed by atoms with Gasteiger partial charge in [0.1, 0.15) is 12.4 Å². The zero-order chi connectivity index (χ0) is 22.4. The number of amides is 1. The third kappa shape index (κ3) is 6.74. The molecule has 3 aromatic rings. The van der Waals surface area contributed by atoms with Crippen LogP contribution >= 0.6 is 11.8 Å². The summed E-state index contributed by atoms with van der Waals surface area (Å²) in [5.41, 5.74) is 0.470. The van der Waals surface area contributed by atoms with E-state index in [0.717, 1.165) is 23.9 Å². The highest BCUT2D eigenvalue weighted by molar-refractivity contribution is 7.99. The number of H-pyrrole nitrogens is 1. The largest absolute Gasteiger partial charge is 0.486 e. The highest BCUT2D eigenvalue weighted by Gasteiger charge is 2.30. The Labute approximate surface area is 181 Å². The fourth-order valence-electron chi connectivity index (χ4n) is 2.61. The Morgan fingerprint density at radius 1 is 1.19 bits per heavy atom. The van der Waals surface area contributed by atoms with Gasteiger partial charge in [-0.05, 0) is 41.8 Å². The molecule has 164 valence electrons. The van der Waals surface area contributed by atoms with Crippen molar-refractivity contribution in [1.29, 1.82) is 0 Å². The van der Waals surface area contributed by atoms with Crippen LogP contribution in [0, 0.1) is 0 Å². The highest BCUT2D eigenvalue weighted by Crippen LogP contribution is 2.30. The second-order valence-corrected chi connectivity index (χ2v) is 7.94. The molecular weight excluding hydrogens is 429 g/mol. The Bertz CT molecular complexity index is 1020. The third-order valence-electron chi connectivity index (χ3n) is 4.24. The molecule has 0 fully saturated rings. The molecule has 0 aliphatic carbocycles. The monoisotopic (exact) mass is 450 g/mol. The van der Waals surface area contributed by atoms with Gasteiger partial charge in [0.05, 0.1) is 11.3 Å². The lowest BCUT2D eigenvalue weighted by molar-refractivity contribution is -0.137. The van der Waals surface area contributed by atoms with Crippen LogP contribution in [0.2, 0.25) is 0 Å². The molecule has 2 N–H and O–H groups in total. The summed E-state index contributed by atoms with van der Waals surface area (Å²) in [5.74, 6) is 1.13. The standard InChI is InChI=1S/C21H21F3N4O2S/c1-13(2)14-6-8-17(9-7-14)30-11-18-26-20(28-27-18)31-12-19(29)25-16-5-3-4-15(10-16)21(22,23)24/h3-10,13H,11-12H2,1-2H3,(H,25,29)(H,26,27,28). The average molecular weight is 450 g/mol. The number of hydrogen-bond donors (Lipinski definition) is 2. The Morgan fingerprint density at radius 2 is 1.94 bits per heavy atom. The van der Waals surface area contributed by atoms with Gasteiger partial charge in [0.2, 0.25) is 11.1 Å². The predicted octanol–water partition coefficient (Wildman–Crippen LogP) is 5.26. The number of hydrogen-bond acceptors (Lipinski definition) is 5. The average Bonchev–Trinajstić information content (AvgIpc) is 3.18. The summed E-state index contributed by atoms with van der Waals surface area (Å²) in [4.78, 5) is 16.3. The van der Waals surface area contributed by atoms with E-state index in [1.807, 2.05) is 24.3 Å². The van der Waals surface area contributed by atoms with Gasteiger partial charge in [-0.25, -0.2) is 4.98 Å². The van der Waals surface area contributed by atoms with Crippen LogP contribution in [-0.4, -0.2) is 26.8 Å². The Balaban J connectivity index is 1.47. The van der Waals surface area contributed by atoms with E-state index in [-0.39, 0.29) is 18.0 Å². The van der Waals surface area contributed by atoms with Crippen LogP contribution in [0.3, 0.4) is 0 Å². The first-order valence-electron chi connectivity index (χ1n) is 9.44. The molecule has 0 saturated heterocycles. The number of nitrogens with zero attached hydrogens (tertiary/aromatic N) is 2. The molecule has 31 heavy (non-hydrogen) atoms. The zero-order valence-corrected chi connectivity index (χ0v) is 17.7. The SMILES string of the molecule is CC(C)c1ccc(OCc2nc(SCC(=O)Nc3cccc(C(F)(F)F)c3)n[nH]2)cc1. The normalized spacial score (nSPS) is 11.5. The van der Waals surface area contributed by atoms with E-state index < -0.39 is 17.6 Å². The summed E-state index contributed by atoms with van der Waals surface area (Å²) in [6.07, 6.45) is -4.47. The fraction of sp³-hybridized carbons (Fsp3) is 0.286. The molecule has 10 heteroatoms. The van der Waals surface area contributed by atoms with Gasteiger partial charge in [0.15, 0.2) is 5.82 Å². The van der Waals surface area contributed by atoms with Crippen molar-refractivity contribution in [1.82, 2.24) is 15.2 Å². The minimum Gasteiger partial charge on any atom is -0.486 e. The predicted molar refractivity (Wildman–Crippen MR) is 112 cm³/mol. The molecule has 0 atom stereocenters. The van der Waals surface area contributed by atoms with Gasteiger partial charge >= 0.3 is 6.18 Å². The number of rotatable bonds is 8. The number of anilines is 1. The van der Waals surface area contributed by atoms with Crippen molar-refractivity contribution in [2.45, 2.75) is 37.7 Å². The van der Waals surface area contributed by atoms with Gasteiger partial charge in [0, 0.05) is 5.69 Å². The van der Waals surface area contributed by atoms with E-state index in [0.29, 0.717) is 22.6 Å². The maximum atomic E-state index is 12.8. The van der Waals surface area contributed by atoms with Crippen molar-refractivity contribution in [3.05, 3.63) is 65.5 Å². The maximum absolute atomic E-state index is 12.8. The van der Waals surface area contributed by atoms with E-state index in [9.17, 15) is 18.0 Å². The molecule has 2 aromatic carbocycles. The zero-order valence-electron chi connectivity index (χ0n) is 16.9. The lowest BCUT2D eigenvalue weighted by Gasteiger charge is -2.09. The Hall–Kier alpha value is -3.01. The van der Waals surface area contributed by atoms with Crippen molar-refractivity contribution in [3.63, 3.8) is 0 Å². The van der Waals surface area contributed by atoms with Crippen LogP contribution in [-0.2, 0) is 17.6 Å². The number of thioether (sulfide) groups is 1. The van der Waals surface area contributed by atoms with Crippen LogP contribution in [0.1, 0.15) is 36.7 Å². The molecule has 0 bridgehead atoms. The number of aromatic amines is 1. The number of benzene rings is 2. The lowest BCUT2D eigenvalue weighted by Crippen LogP contribution is -2.15. The van der Waals surface area contributed by atoms with Gasteiger partial charge in [-0.1, -0.05) is 43.8 Å². The summed E-state index contributed by atoms with van der Waals surface area (Å²) in [6, 6.07) is 12.3. The maximum Gasteiger partial charge on any atom is 0.416 e. The van der Waals surface area contributed by atoms with Crippen LogP contribution in [0.5, 0.6) is 5.75 Å². The van der Waals surface area contributed by atoms with Crippen LogP contribution in [0.15, 0.2) is 53.7 Å². The van der Waals surface area contributed by atoms with E-state index >= 15 is 0 Å². The minimum atomic E-state index is -4.47. The molecule has 1 aromatic heterocycles. The van der Waals surface area contributed by atoms with E-state index in [4.69, 9.17) is 4.74 Å². The third-order valence-corrected chi connectivity index (χ3v) is 5.09. The number of carbonyl (C=O) groups is 1. The van der Waals surface area contributed by atoms with Gasteiger partial charge in [-0.3, -0.25) is 9.89 Å². The molecule has 1 heterocycles. The molecule has 1 amide bonds. The smallest absolute Gasteiger partial charge is 0.416 e. The first-order chi connectivity index (χ1) is 14.7. The summed E-state index contributed by atoms with van der Waals surface area (Å²) in [6.45, 7) is 4.41. The number of ether oxygens (including phenoxy) is 1. The van der Waals surface area contributed by atoms with Crippen LogP contribution in [0.25, 0.3) is 0 Å². The fourth-order valence-corrected chi connectivity index (χ4v) is 3.23. The molecule has 6 nitrogen and oxygen atoms in total. The quantitative estimate of drug-likeness (QED) is 0.458. The molecule has 0 spiro atoms. The number of aromatic nitrogens is 3. The molecule has 0 saturated carbocycles. The minimum absolute atomic E-state index is 0.0505. The van der Waals surface area contributed by atoms with E-state index in [2.05, 4.69) is 34.3 Å². The van der Waals surface area contributed by atoms with Gasteiger partial charge in [0.25, 0.3) is 0 Å². The molecule has 0 unspecified atom stereocenters. The molecule has 0 radical (unpaired) electrons. The summed E-state index contributed by atoms with van der Waals surface area (Å²) < 4.78 is 43.9. The number of alkyl halides is 3. The topological polar surface area (TPSA) is 79.9 Å². The molecule has 0 aliphatic rings. The molecular formula is C21H21F3N4O2S. The first-order valence-corrected chi connectivity index (χ1v) is 10.4. The summed E-state index contributed by atoms with van der Waals surface area (Å²) in [7, 11) is 0. The Morgan fingerprint density at radius 3 is 2.61 bits per heavy atom. The van der Waals surface area contributed by atoms with Crippen molar-refractivity contribution < 1.29 is 22.7 Å². The second-order valence-electron chi connectivity index (χ2n) is 6.99. The van der Waals surface area contributed by atoms with E-state index in [1.54, 1.807) is 0 Å². The second kappa shape index (κ2) is 9.86. The molecule has 3 rings (SSSR count). The van der Waals surface area contributed by atoms with Gasteiger partial charge in [-0.15, -0.1) is 5.10 Å². The van der Waals surface area contributed by atoms with Gasteiger partial charge in [-0.2, -0.15) is 13.2 Å². The van der Waals surface area contributed by atoms with Crippen molar-refractivity contribution in [3.8, 4) is 5.75 Å². The van der Waals surface area contributed by atoms with Crippen molar-refractivity contribution >= 4 is 23.4 Å². The van der Waals surface area contributed by atoms with Crippen LogP contribution < -0.4 is 10.1 Å². The number of halogens is 3. The molecule has 0 aliphatic heterocycles. The first kappa shape index (κ1) is 22.7. The highest BCUT2D eigenvalue weighted by atomic mass is 32.2. The number of carbonyl (C=O) groups excluding carboxylic acids is 1. The van der Waals surface area contributed by atoms with Gasteiger partial charge < -0.3 is 10.1 Å². The summed E-state index contributed by atoms with van der Waals surface area (Å²) in [5, 5.41) is 9.53. The Kier molecular flexibility index (Phi) is 7.21.